The summed E-state index contributed by atoms with van der Waals surface area (Å²) >= 11 is 0. The minimum Gasteiger partial charge on any atom is -0.481 e. The zero-order valence-corrected chi connectivity index (χ0v) is 9.47. The Labute approximate surface area is 98.1 Å². The van der Waals surface area contributed by atoms with Crippen LogP contribution >= 0.6 is 0 Å². The van der Waals surface area contributed by atoms with E-state index in [-0.39, 0.29) is 5.92 Å². The van der Waals surface area contributed by atoms with Gasteiger partial charge in [-0.25, -0.2) is 4.98 Å². The third kappa shape index (κ3) is 1.54. The summed E-state index contributed by atoms with van der Waals surface area (Å²) < 4.78 is 1.94. The summed E-state index contributed by atoms with van der Waals surface area (Å²) in [4.78, 5) is 18.5. The van der Waals surface area contributed by atoms with Crippen LogP contribution in [0.25, 0.3) is 11.4 Å². The monoisotopic (exact) mass is 231 g/mol. The standard InChI is InChI=1S/C12H13N3O2/c1-7-2-3-13-11(7)9-6-15-5-8(12(16)17)4-10(15)14-9/h2-3,6,8,13H,4-5H2,1H3,(H,16,17). The smallest absolute Gasteiger partial charge is 0.308 e. The van der Waals surface area contributed by atoms with Crippen molar-refractivity contribution in [2.45, 2.75) is 19.9 Å². The van der Waals surface area contributed by atoms with Crippen molar-refractivity contribution in [3.05, 3.63) is 29.8 Å². The molecule has 0 radical (unpaired) electrons. The summed E-state index contributed by atoms with van der Waals surface area (Å²) in [7, 11) is 0. The highest BCUT2D eigenvalue weighted by Crippen LogP contribution is 2.26. The molecule has 2 aromatic heterocycles. The molecule has 1 atom stereocenters. The first-order valence-electron chi connectivity index (χ1n) is 5.58. The number of aryl methyl sites for hydroxylation is 1. The van der Waals surface area contributed by atoms with Gasteiger partial charge >= 0.3 is 5.97 Å². The number of fused-ring (bicyclic) bond motifs is 1. The van der Waals surface area contributed by atoms with Gasteiger partial charge in [-0.3, -0.25) is 4.79 Å². The predicted octanol–water partition coefficient (Wildman–Crippen LogP) is 1.44. The van der Waals surface area contributed by atoms with Crippen LogP contribution in [-0.2, 0) is 17.8 Å². The molecule has 0 amide bonds. The highest BCUT2D eigenvalue weighted by Gasteiger charge is 2.29. The molecule has 0 fully saturated rings. The average molecular weight is 231 g/mol. The summed E-state index contributed by atoms with van der Waals surface area (Å²) in [5.41, 5.74) is 3.06. The van der Waals surface area contributed by atoms with Gasteiger partial charge in [-0.15, -0.1) is 0 Å². The number of carboxylic acids is 1. The Morgan fingerprint density at radius 3 is 3.06 bits per heavy atom. The number of hydrogen-bond acceptors (Lipinski definition) is 2. The van der Waals surface area contributed by atoms with Gasteiger partial charge in [-0.2, -0.15) is 0 Å². The van der Waals surface area contributed by atoms with Gasteiger partial charge in [0.1, 0.15) is 11.5 Å². The van der Waals surface area contributed by atoms with E-state index in [1.54, 1.807) is 0 Å². The first kappa shape index (κ1) is 10.1. The minimum absolute atomic E-state index is 0.323. The molecular formula is C12H13N3O2. The fourth-order valence-electron chi connectivity index (χ4n) is 2.31. The molecule has 5 heteroatoms. The lowest BCUT2D eigenvalue weighted by molar-refractivity contribution is -0.141. The van der Waals surface area contributed by atoms with Crippen LogP contribution in [-0.4, -0.2) is 25.6 Å². The van der Waals surface area contributed by atoms with Crippen LogP contribution in [0.3, 0.4) is 0 Å². The van der Waals surface area contributed by atoms with Crippen LogP contribution < -0.4 is 0 Å². The first-order chi connectivity index (χ1) is 8.15. The first-order valence-corrected chi connectivity index (χ1v) is 5.58. The van der Waals surface area contributed by atoms with E-state index in [4.69, 9.17) is 5.11 Å². The maximum absolute atomic E-state index is 10.9. The van der Waals surface area contributed by atoms with Gasteiger partial charge in [-0.1, -0.05) is 0 Å². The second kappa shape index (κ2) is 3.48. The van der Waals surface area contributed by atoms with Gasteiger partial charge in [0.05, 0.1) is 11.6 Å². The number of hydrogen-bond donors (Lipinski definition) is 2. The molecule has 5 nitrogen and oxygen atoms in total. The summed E-state index contributed by atoms with van der Waals surface area (Å²) in [6.45, 7) is 2.55. The number of aromatic nitrogens is 3. The summed E-state index contributed by atoms with van der Waals surface area (Å²) in [5, 5.41) is 8.95. The van der Waals surface area contributed by atoms with Crippen LogP contribution in [0.2, 0.25) is 0 Å². The Morgan fingerprint density at radius 1 is 1.65 bits per heavy atom. The van der Waals surface area contributed by atoms with E-state index < -0.39 is 5.97 Å². The quantitative estimate of drug-likeness (QED) is 0.821. The Hall–Kier alpha value is -2.04. The molecule has 0 saturated carbocycles. The van der Waals surface area contributed by atoms with Crippen LogP contribution in [0.4, 0.5) is 0 Å². The fourth-order valence-corrected chi connectivity index (χ4v) is 2.31. The van der Waals surface area contributed by atoms with Gasteiger partial charge in [-0.05, 0) is 18.6 Å². The summed E-state index contributed by atoms with van der Waals surface area (Å²) in [5.74, 6) is -0.203. The molecule has 2 N–H and O–H groups in total. The minimum atomic E-state index is -0.742. The average Bonchev–Trinajstić information content (AvgIpc) is 2.88. The normalized spacial score (nSPS) is 18.3. The third-order valence-corrected chi connectivity index (χ3v) is 3.27. The number of nitrogens with zero attached hydrogens (tertiary/aromatic N) is 2. The van der Waals surface area contributed by atoms with Crippen LogP contribution in [0, 0.1) is 12.8 Å². The maximum atomic E-state index is 10.9. The van der Waals surface area contributed by atoms with Crippen molar-refractivity contribution in [1.82, 2.24) is 14.5 Å². The zero-order valence-electron chi connectivity index (χ0n) is 9.47. The molecular weight excluding hydrogens is 218 g/mol. The van der Waals surface area contributed by atoms with Crippen molar-refractivity contribution in [3.63, 3.8) is 0 Å². The summed E-state index contributed by atoms with van der Waals surface area (Å²) in [6, 6.07) is 2.00. The van der Waals surface area contributed by atoms with Crippen molar-refractivity contribution in [1.29, 1.82) is 0 Å². The molecule has 0 spiro atoms. The topological polar surface area (TPSA) is 70.9 Å². The van der Waals surface area contributed by atoms with Crippen LogP contribution in [0.15, 0.2) is 18.5 Å². The molecule has 1 aliphatic rings. The van der Waals surface area contributed by atoms with Crippen LogP contribution in [0.1, 0.15) is 11.4 Å². The molecule has 1 aliphatic heterocycles. The lowest BCUT2D eigenvalue weighted by Gasteiger charge is -2.01. The second-order valence-electron chi connectivity index (χ2n) is 4.47. The van der Waals surface area contributed by atoms with Crippen molar-refractivity contribution >= 4 is 5.97 Å². The number of rotatable bonds is 2. The third-order valence-electron chi connectivity index (χ3n) is 3.27. The Bertz CT molecular complexity index is 559. The largest absolute Gasteiger partial charge is 0.481 e. The number of carboxylic acid groups (broad SMARTS) is 1. The van der Waals surface area contributed by atoms with E-state index in [1.807, 2.05) is 30.0 Å². The molecule has 17 heavy (non-hydrogen) atoms. The van der Waals surface area contributed by atoms with Gasteiger partial charge < -0.3 is 14.7 Å². The Balaban J connectivity index is 1.93. The summed E-state index contributed by atoms with van der Waals surface area (Å²) in [6.07, 6.45) is 4.33. The molecule has 88 valence electrons. The van der Waals surface area contributed by atoms with E-state index >= 15 is 0 Å². The molecule has 3 rings (SSSR count). The van der Waals surface area contributed by atoms with E-state index in [1.165, 1.54) is 0 Å². The molecule has 0 aromatic carbocycles. The van der Waals surface area contributed by atoms with E-state index in [0.29, 0.717) is 13.0 Å². The highest BCUT2D eigenvalue weighted by atomic mass is 16.4. The number of H-pyrrole nitrogens is 1. The van der Waals surface area contributed by atoms with Gasteiger partial charge in [0, 0.05) is 25.4 Å². The van der Waals surface area contributed by atoms with Crippen molar-refractivity contribution in [3.8, 4) is 11.4 Å². The number of carbonyl (C=O) groups is 1. The molecule has 0 saturated heterocycles. The van der Waals surface area contributed by atoms with Crippen LogP contribution in [0.5, 0.6) is 0 Å². The Morgan fingerprint density at radius 2 is 2.47 bits per heavy atom. The number of aliphatic carboxylic acids is 1. The maximum Gasteiger partial charge on any atom is 0.308 e. The molecule has 1 unspecified atom stereocenters. The van der Waals surface area contributed by atoms with Gasteiger partial charge in [0.2, 0.25) is 0 Å². The van der Waals surface area contributed by atoms with E-state index in [2.05, 4.69) is 9.97 Å². The molecule has 0 bridgehead atoms. The van der Waals surface area contributed by atoms with Gasteiger partial charge in [0.25, 0.3) is 0 Å². The second-order valence-corrected chi connectivity index (χ2v) is 4.47. The van der Waals surface area contributed by atoms with Gasteiger partial charge in [0.15, 0.2) is 0 Å². The van der Waals surface area contributed by atoms with E-state index in [9.17, 15) is 4.79 Å². The van der Waals surface area contributed by atoms with Crippen molar-refractivity contribution in [2.24, 2.45) is 5.92 Å². The molecule has 3 heterocycles. The lowest BCUT2D eigenvalue weighted by Crippen LogP contribution is -2.14. The Kier molecular flexibility index (Phi) is 2.07. The zero-order chi connectivity index (χ0) is 12.0. The van der Waals surface area contributed by atoms with E-state index in [0.717, 1.165) is 22.8 Å². The molecule has 0 aliphatic carbocycles. The molecule has 2 aromatic rings. The SMILES string of the molecule is Cc1cc[nH]c1-c1cn2c(n1)CC(C(=O)O)C2. The van der Waals surface area contributed by atoms with Crippen molar-refractivity contribution < 1.29 is 9.90 Å². The predicted molar refractivity (Wildman–Crippen MR) is 61.6 cm³/mol. The fraction of sp³-hybridized carbons (Fsp3) is 0.333. The number of imidazole rings is 1. The number of aromatic amines is 1. The lowest BCUT2D eigenvalue weighted by atomic mass is 10.1. The van der Waals surface area contributed by atoms with Crippen molar-refractivity contribution in [2.75, 3.05) is 0 Å². The number of nitrogens with one attached hydrogen (secondary N) is 1. The highest BCUT2D eigenvalue weighted by molar-refractivity contribution is 5.71.